The van der Waals surface area contributed by atoms with Crippen LogP contribution in [-0.2, 0) is 72.3 Å². The quantitative estimate of drug-likeness (QED) is 0.0492. The summed E-state index contributed by atoms with van der Waals surface area (Å²) in [6.45, 7) is 3.52. The molecule has 10 rings (SSSR count). The normalized spacial score (nSPS) is 17.3. The van der Waals surface area contributed by atoms with E-state index in [0.29, 0.717) is 51.0 Å². The Bertz CT molecular complexity index is 3640. The van der Waals surface area contributed by atoms with Gasteiger partial charge >= 0.3 is 12.0 Å². The maximum atomic E-state index is 13.8. The SMILES string of the molecule is Cc1cccc(CC(=O)[C@@H]2CC=CCN2C(=O)Cn2cc(C(N)=O)c3cc(NC(=O)N4CCCC(F)(F)C4)ccc32)n1.Cc1cccc(NC(=O)[C@@H]2CC=CCN2)n1.NC(=O)c1cn(CC(=O)O)c2ccc(CC(=O)N3CCCC(F)(F)C3)cc12.S.S=S. The molecule has 21 nitrogen and oxygen atoms in total. The van der Waals surface area contributed by atoms with E-state index in [1.54, 1.807) is 47.0 Å². The van der Waals surface area contributed by atoms with Crippen LogP contribution in [0.25, 0.3) is 21.8 Å². The number of benzene rings is 2. The highest BCUT2D eigenvalue weighted by Gasteiger charge is 2.39. The van der Waals surface area contributed by atoms with Crippen LogP contribution < -0.4 is 27.4 Å². The lowest BCUT2D eigenvalue weighted by atomic mass is 9.99. The molecule has 0 radical (unpaired) electrons. The molecule has 4 aliphatic heterocycles. The average molecular weight is 1270 g/mol. The summed E-state index contributed by atoms with van der Waals surface area (Å²) in [6, 6.07) is 19.1. The van der Waals surface area contributed by atoms with Gasteiger partial charge in [0.1, 0.15) is 18.9 Å². The summed E-state index contributed by atoms with van der Waals surface area (Å²) in [6.07, 6.45) is 11.7. The molecule has 0 saturated carbocycles. The number of carboxylic acid groups (broad SMARTS) is 1. The minimum atomic E-state index is -2.94. The van der Waals surface area contributed by atoms with Crippen LogP contribution in [0, 0.1) is 13.8 Å². The maximum Gasteiger partial charge on any atom is 0.323 e. The highest BCUT2D eigenvalue weighted by atomic mass is 32.8. The summed E-state index contributed by atoms with van der Waals surface area (Å²) in [5.41, 5.74) is 15.4. The fraction of sp³-hybridized carbons (Fsp3) is 0.367. The molecule has 0 bridgehead atoms. The van der Waals surface area contributed by atoms with Crippen LogP contribution in [0.5, 0.6) is 0 Å². The van der Waals surface area contributed by atoms with Gasteiger partial charge in [0.25, 0.3) is 23.7 Å². The zero-order chi connectivity index (χ0) is 63.2. The number of ketones is 1. The molecule has 2 saturated heterocycles. The third kappa shape index (κ3) is 18.5. The highest BCUT2D eigenvalue weighted by molar-refractivity contribution is 8.07. The molecule has 0 unspecified atom stereocenters. The first-order valence-corrected chi connectivity index (χ1v) is 29.1. The van der Waals surface area contributed by atoms with Gasteiger partial charge in [-0.2, -0.15) is 13.5 Å². The van der Waals surface area contributed by atoms with Crippen LogP contribution in [0.15, 0.2) is 109 Å². The van der Waals surface area contributed by atoms with Gasteiger partial charge in [0, 0.05) is 118 Å². The Morgan fingerprint density at radius 1 is 0.693 bits per heavy atom. The van der Waals surface area contributed by atoms with Crippen molar-refractivity contribution in [3.8, 4) is 0 Å². The van der Waals surface area contributed by atoms with Crippen molar-refractivity contribution in [1.29, 1.82) is 0 Å². The number of aliphatic carboxylic acids is 1. The van der Waals surface area contributed by atoms with E-state index in [1.807, 2.05) is 62.4 Å². The van der Waals surface area contributed by atoms with Crippen LogP contribution in [-0.4, -0.2) is 149 Å². The summed E-state index contributed by atoms with van der Waals surface area (Å²) < 4.78 is 57.6. The summed E-state index contributed by atoms with van der Waals surface area (Å²) in [7, 11) is 0. The van der Waals surface area contributed by atoms with E-state index >= 15 is 0 Å². The Kier molecular flexibility index (Phi) is 24.1. The number of fused-ring (bicyclic) bond motifs is 2. The summed E-state index contributed by atoms with van der Waals surface area (Å²) in [5.74, 6) is -8.60. The first-order chi connectivity index (χ1) is 41.4. The minimum absolute atomic E-state index is 0. The number of hydrogen-bond donors (Lipinski definition) is 6. The van der Waals surface area contributed by atoms with Crippen molar-refractivity contribution in [3.63, 3.8) is 0 Å². The number of aromatic nitrogens is 4. The number of hydrogen-bond acceptors (Lipinski definition) is 13. The number of carboxylic acids is 1. The third-order valence-corrected chi connectivity index (χ3v) is 14.7. The van der Waals surface area contributed by atoms with Gasteiger partial charge < -0.3 is 56.4 Å². The number of pyridine rings is 2. The number of nitrogens with one attached hydrogen (secondary N) is 3. The minimum Gasteiger partial charge on any atom is -0.480 e. The number of amides is 7. The molecular weight excluding hydrogens is 1200 g/mol. The molecule has 2 atom stereocenters. The highest BCUT2D eigenvalue weighted by Crippen LogP contribution is 2.31. The number of carbonyl (C=O) groups excluding carboxylic acids is 7. The predicted molar refractivity (Wildman–Crippen MR) is 333 cm³/mol. The van der Waals surface area contributed by atoms with Crippen molar-refractivity contribution < 1.29 is 61.0 Å². The molecule has 2 aromatic carbocycles. The molecule has 7 amide bonds. The summed E-state index contributed by atoms with van der Waals surface area (Å²) in [4.78, 5) is 111. The van der Waals surface area contributed by atoms with Crippen LogP contribution in [0.4, 0.5) is 33.9 Å². The number of anilines is 2. The molecule has 88 heavy (non-hydrogen) atoms. The van der Waals surface area contributed by atoms with E-state index in [2.05, 4.69) is 48.3 Å². The van der Waals surface area contributed by atoms with E-state index in [1.165, 1.54) is 27.9 Å². The van der Waals surface area contributed by atoms with Gasteiger partial charge in [-0.3, -0.25) is 38.5 Å². The van der Waals surface area contributed by atoms with Gasteiger partial charge in [0.2, 0.25) is 17.7 Å². The van der Waals surface area contributed by atoms with Gasteiger partial charge in [-0.1, -0.05) is 42.5 Å². The van der Waals surface area contributed by atoms with E-state index in [-0.39, 0.29) is 120 Å². The predicted octanol–water partition coefficient (Wildman–Crippen LogP) is 6.66. The third-order valence-electron chi connectivity index (χ3n) is 14.7. The second kappa shape index (κ2) is 30.9. The Morgan fingerprint density at radius 3 is 1.89 bits per heavy atom. The number of primary amides is 2. The molecule has 8 N–H and O–H groups in total. The molecule has 6 aromatic rings. The number of rotatable bonds is 14. The van der Waals surface area contributed by atoms with Crippen molar-refractivity contribution >= 4 is 117 Å². The van der Waals surface area contributed by atoms with Gasteiger partial charge in [-0.25, -0.2) is 27.3 Å². The first kappa shape index (κ1) is 68.6. The van der Waals surface area contributed by atoms with Crippen LogP contribution >= 0.6 is 13.5 Å². The number of halogens is 4. The van der Waals surface area contributed by atoms with E-state index in [0.717, 1.165) is 34.2 Å². The zero-order valence-electron chi connectivity index (χ0n) is 48.2. The van der Waals surface area contributed by atoms with Crippen LogP contribution in [0.1, 0.15) is 81.9 Å². The Balaban J connectivity index is 0.000000229. The second-order valence-electron chi connectivity index (χ2n) is 21.3. The smallest absolute Gasteiger partial charge is 0.323 e. The Hall–Kier alpha value is -8.47. The van der Waals surface area contributed by atoms with Crippen molar-refractivity contribution in [3.05, 3.63) is 143 Å². The molecule has 0 aliphatic carbocycles. The average Bonchev–Trinajstić information content (AvgIpc) is 2.09. The lowest BCUT2D eigenvalue weighted by Crippen LogP contribution is -2.48. The fourth-order valence-electron chi connectivity index (χ4n) is 10.6. The maximum absolute atomic E-state index is 13.8. The van der Waals surface area contributed by atoms with E-state index in [9.17, 15) is 55.9 Å². The molecule has 28 heteroatoms. The first-order valence-electron chi connectivity index (χ1n) is 27.8. The van der Waals surface area contributed by atoms with Gasteiger partial charge in [0.05, 0.1) is 49.1 Å². The number of likely N-dealkylation sites (tertiary alicyclic amines) is 2. The number of aryl methyl sites for hydroxylation is 2. The number of piperidine rings is 2. The number of carbonyl (C=O) groups is 8. The monoisotopic (exact) mass is 1270 g/mol. The largest absolute Gasteiger partial charge is 0.480 e. The summed E-state index contributed by atoms with van der Waals surface area (Å²) >= 11 is 7.33. The fourth-order valence-corrected chi connectivity index (χ4v) is 10.6. The molecule has 4 aromatic heterocycles. The number of alkyl halides is 4. The number of nitrogens with zero attached hydrogens (tertiary/aromatic N) is 7. The standard InChI is InChI=1S/C30H32F2N6O4.C18H19F2N3O4.C12H15N3O.S2.H2S/c1-19-6-4-7-20(34-19)15-26(39)25-8-2-3-13-38(25)27(40)17-37-16-23(28(33)41)22-14-21(9-10-24(22)37)35-29(42)36-12-5-11-30(31,32)18-36;19-18(20)4-1-5-22(10-18)15(24)7-11-2-3-14-12(6-11)13(17(21)27)8-23(14)9-16(25)26;1-9-5-4-7-11(14-9)15-12(16)10-6-2-3-8-13-10;1-2;/h2-4,6-7,9-10,14,16,25H,5,8,11-13,15,17-18H2,1H3,(H2,33,41)(H,35,42);2-3,6,8H,1,4-5,7,9-10H2,(H2,21,27)(H,25,26);2-5,7,10,13H,6,8H2,1H3,(H,14,15,16);;1H2/t25-;;10-;;/m0.0../s1. The summed E-state index contributed by atoms with van der Waals surface area (Å²) in [5, 5.41) is 18.4. The van der Waals surface area contributed by atoms with Gasteiger partial charge in [-0.05, 0) is 99.7 Å². The van der Waals surface area contributed by atoms with Gasteiger partial charge in [0.15, 0.2) is 5.78 Å². The van der Waals surface area contributed by atoms with Crippen molar-refractivity contribution in [2.75, 3.05) is 49.9 Å². The van der Waals surface area contributed by atoms with Crippen LogP contribution in [0.2, 0.25) is 0 Å². The van der Waals surface area contributed by atoms with Crippen molar-refractivity contribution in [2.24, 2.45) is 11.5 Å². The van der Waals surface area contributed by atoms with Crippen molar-refractivity contribution in [2.45, 2.75) is 102 Å². The Morgan fingerprint density at radius 2 is 1.28 bits per heavy atom. The molecule has 8 heterocycles. The van der Waals surface area contributed by atoms with Crippen LogP contribution in [0.3, 0.4) is 0 Å². The van der Waals surface area contributed by atoms with E-state index in [4.69, 9.17) is 16.6 Å². The lowest BCUT2D eigenvalue weighted by molar-refractivity contribution is -0.141. The second-order valence-corrected chi connectivity index (χ2v) is 21.3. The lowest BCUT2D eigenvalue weighted by Gasteiger charge is -2.32. The number of nitrogens with two attached hydrogens (primary N) is 2. The zero-order valence-corrected chi connectivity index (χ0v) is 50.8. The molecular formula is C60H68F4N12O9S3. The molecule has 2 fully saturated rings. The Labute approximate surface area is 521 Å². The number of urea groups is 1. The molecule has 468 valence electrons. The number of Topliss-reactive ketones (excluding diaryl/α,β-unsaturated/α-hetero) is 1. The van der Waals surface area contributed by atoms with Crippen molar-refractivity contribution in [1.82, 2.24) is 39.1 Å². The molecule has 0 spiro atoms. The topological polar surface area (TPSA) is 290 Å². The molecule has 4 aliphatic rings. The van der Waals surface area contributed by atoms with Gasteiger partial charge in [-0.15, -0.1) is 0 Å². The van der Waals surface area contributed by atoms with E-state index < -0.39 is 60.7 Å².